The molecule has 0 aliphatic carbocycles. The monoisotopic (exact) mass is 536 g/mol. The van der Waals surface area contributed by atoms with E-state index < -0.39 is 0 Å². The molecule has 7 rings (SSSR count). The lowest BCUT2D eigenvalue weighted by Crippen LogP contribution is -1.93. The molecule has 2 aromatic heterocycles. The normalized spacial score (nSPS) is 10.9. The van der Waals surface area contributed by atoms with Crippen molar-refractivity contribution in [2.24, 2.45) is 0 Å². The zero-order valence-electron chi connectivity index (χ0n) is 23.1. The van der Waals surface area contributed by atoms with Gasteiger partial charge in [-0.25, -0.2) is 0 Å². The van der Waals surface area contributed by atoms with Crippen molar-refractivity contribution in [1.29, 1.82) is 0 Å². The highest BCUT2D eigenvalue weighted by Gasteiger charge is 2.16. The van der Waals surface area contributed by atoms with Crippen molar-refractivity contribution in [1.82, 2.24) is 9.97 Å². The zero-order chi connectivity index (χ0) is 28.1. The van der Waals surface area contributed by atoms with Gasteiger partial charge in [-0.05, 0) is 91.0 Å². The van der Waals surface area contributed by atoms with Gasteiger partial charge < -0.3 is 0 Å². The van der Waals surface area contributed by atoms with E-state index in [0.717, 1.165) is 22.3 Å². The van der Waals surface area contributed by atoms with Gasteiger partial charge in [-0.2, -0.15) is 0 Å². The van der Waals surface area contributed by atoms with Crippen LogP contribution in [0.5, 0.6) is 0 Å². The van der Waals surface area contributed by atoms with Gasteiger partial charge in [0.25, 0.3) is 0 Å². The molecule has 2 heteroatoms. The van der Waals surface area contributed by atoms with Crippen molar-refractivity contribution in [2.45, 2.75) is 0 Å². The molecule has 42 heavy (non-hydrogen) atoms. The van der Waals surface area contributed by atoms with E-state index in [0.29, 0.717) is 0 Å². The van der Waals surface area contributed by atoms with Crippen molar-refractivity contribution in [3.05, 3.63) is 170 Å². The Morgan fingerprint density at radius 2 is 0.571 bits per heavy atom. The summed E-state index contributed by atoms with van der Waals surface area (Å²) in [5.41, 5.74) is 14.1. The minimum atomic E-state index is 1.11. The molecular formula is C40H28N2. The second-order valence-electron chi connectivity index (χ2n) is 10.3. The summed E-state index contributed by atoms with van der Waals surface area (Å²) in [6, 6.07) is 51.9. The van der Waals surface area contributed by atoms with Crippen LogP contribution in [0.2, 0.25) is 0 Å². The Kier molecular flexibility index (Phi) is 6.94. The van der Waals surface area contributed by atoms with Crippen LogP contribution in [0.15, 0.2) is 170 Å². The summed E-state index contributed by atoms with van der Waals surface area (Å²) in [6.07, 6.45) is 7.44. The molecule has 2 nitrogen and oxygen atoms in total. The van der Waals surface area contributed by atoms with Gasteiger partial charge in [-0.3, -0.25) is 9.97 Å². The lowest BCUT2D eigenvalue weighted by molar-refractivity contribution is 1.33. The van der Waals surface area contributed by atoms with Gasteiger partial charge in [0, 0.05) is 24.8 Å². The van der Waals surface area contributed by atoms with Crippen LogP contribution in [0.4, 0.5) is 0 Å². The lowest BCUT2D eigenvalue weighted by atomic mass is 9.85. The first-order valence-electron chi connectivity index (χ1n) is 14.1. The van der Waals surface area contributed by atoms with Gasteiger partial charge in [0.05, 0.1) is 0 Å². The number of hydrogen-bond donors (Lipinski definition) is 0. The first kappa shape index (κ1) is 25.4. The van der Waals surface area contributed by atoms with Crippen LogP contribution < -0.4 is 0 Å². The average molecular weight is 537 g/mol. The third kappa shape index (κ3) is 5.14. The van der Waals surface area contributed by atoms with Gasteiger partial charge in [-0.1, -0.05) is 121 Å². The Bertz CT molecular complexity index is 1770. The van der Waals surface area contributed by atoms with Crippen molar-refractivity contribution in [3.63, 3.8) is 0 Å². The van der Waals surface area contributed by atoms with E-state index in [2.05, 4.69) is 143 Å². The SMILES string of the molecule is c1ccc(-c2cc(-c3ccccc3)c(-c3ccc(-c4cccnc4)cc3)cc2-c2ccc(-c3cccnc3)cc2)cc1. The van der Waals surface area contributed by atoms with E-state index in [1.807, 2.05) is 36.9 Å². The summed E-state index contributed by atoms with van der Waals surface area (Å²) in [5, 5.41) is 0. The van der Waals surface area contributed by atoms with Gasteiger partial charge in [0.2, 0.25) is 0 Å². The molecule has 0 aliphatic rings. The maximum atomic E-state index is 4.30. The van der Waals surface area contributed by atoms with E-state index in [1.54, 1.807) is 0 Å². The van der Waals surface area contributed by atoms with Gasteiger partial charge >= 0.3 is 0 Å². The van der Waals surface area contributed by atoms with Crippen LogP contribution in [-0.2, 0) is 0 Å². The number of rotatable bonds is 6. The second kappa shape index (κ2) is 11.5. The maximum Gasteiger partial charge on any atom is 0.0346 e. The summed E-state index contributed by atoms with van der Waals surface area (Å²) in [6.45, 7) is 0. The Labute approximate surface area is 246 Å². The Hall–Kier alpha value is -5.60. The third-order valence-corrected chi connectivity index (χ3v) is 7.71. The van der Waals surface area contributed by atoms with Gasteiger partial charge in [0.1, 0.15) is 0 Å². The molecule has 0 aliphatic heterocycles. The summed E-state index contributed by atoms with van der Waals surface area (Å²) in [5.74, 6) is 0. The molecule has 198 valence electrons. The van der Waals surface area contributed by atoms with Crippen LogP contribution in [0.3, 0.4) is 0 Å². The zero-order valence-corrected chi connectivity index (χ0v) is 23.1. The quantitative estimate of drug-likeness (QED) is 0.211. The number of pyridine rings is 2. The van der Waals surface area contributed by atoms with Gasteiger partial charge in [0.15, 0.2) is 0 Å². The van der Waals surface area contributed by atoms with E-state index >= 15 is 0 Å². The standard InChI is InChI=1S/C40H28N2/c1-3-9-31(10-4-1)37-25-38(32-11-5-2-6-12-32)40(34-21-17-30(18-22-34)36-14-8-24-42-28-36)26-39(37)33-19-15-29(16-20-33)35-13-7-23-41-27-35/h1-28H. The summed E-state index contributed by atoms with van der Waals surface area (Å²) < 4.78 is 0. The smallest absolute Gasteiger partial charge is 0.0346 e. The predicted molar refractivity (Wildman–Crippen MR) is 175 cm³/mol. The fourth-order valence-electron chi connectivity index (χ4n) is 5.54. The molecule has 0 atom stereocenters. The largest absolute Gasteiger partial charge is 0.264 e. The van der Waals surface area contributed by atoms with E-state index in [-0.39, 0.29) is 0 Å². The number of benzene rings is 5. The van der Waals surface area contributed by atoms with Gasteiger partial charge in [-0.15, -0.1) is 0 Å². The molecule has 0 saturated carbocycles. The third-order valence-electron chi connectivity index (χ3n) is 7.71. The first-order valence-corrected chi connectivity index (χ1v) is 14.1. The second-order valence-corrected chi connectivity index (χ2v) is 10.3. The van der Waals surface area contributed by atoms with Crippen molar-refractivity contribution >= 4 is 0 Å². The predicted octanol–water partition coefficient (Wildman–Crippen LogP) is 10.5. The average Bonchev–Trinajstić information content (AvgIpc) is 3.09. The molecule has 0 amide bonds. The highest BCUT2D eigenvalue weighted by Crippen LogP contribution is 2.42. The number of aromatic nitrogens is 2. The molecule has 0 radical (unpaired) electrons. The van der Waals surface area contributed by atoms with E-state index in [4.69, 9.17) is 0 Å². The van der Waals surface area contributed by atoms with E-state index in [1.165, 1.54) is 44.5 Å². The fourth-order valence-corrected chi connectivity index (χ4v) is 5.54. The minimum Gasteiger partial charge on any atom is -0.264 e. The Morgan fingerprint density at radius 1 is 0.262 bits per heavy atom. The van der Waals surface area contributed by atoms with Crippen LogP contribution in [0.1, 0.15) is 0 Å². The Balaban J connectivity index is 1.42. The first-order chi connectivity index (χ1) is 20.8. The molecule has 7 aromatic rings. The van der Waals surface area contributed by atoms with Crippen LogP contribution in [0.25, 0.3) is 66.8 Å². The molecule has 2 heterocycles. The number of hydrogen-bond acceptors (Lipinski definition) is 2. The molecular weight excluding hydrogens is 508 g/mol. The van der Waals surface area contributed by atoms with Crippen molar-refractivity contribution < 1.29 is 0 Å². The van der Waals surface area contributed by atoms with Crippen molar-refractivity contribution in [2.75, 3.05) is 0 Å². The highest BCUT2D eigenvalue weighted by molar-refractivity contribution is 5.95. The number of nitrogens with zero attached hydrogens (tertiary/aromatic N) is 2. The van der Waals surface area contributed by atoms with Crippen LogP contribution in [0, 0.1) is 0 Å². The van der Waals surface area contributed by atoms with Crippen molar-refractivity contribution in [3.8, 4) is 66.8 Å². The maximum absolute atomic E-state index is 4.30. The summed E-state index contributed by atoms with van der Waals surface area (Å²) >= 11 is 0. The molecule has 0 spiro atoms. The van der Waals surface area contributed by atoms with Crippen LogP contribution in [-0.4, -0.2) is 9.97 Å². The molecule has 0 bridgehead atoms. The minimum absolute atomic E-state index is 1.11. The Morgan fingerprint density at radius 3 is 0.905 bits per heavy atom. The topological polar surface area (TPSA) is 25.8 Å². The van der Waals surface area contributed by atoms with E-state index in [9.17, 15) is 0 Å². The lowest BCUT2D eigenvalue weighted by Gasteiger charge is -2.19. The summed E-state index contributed by atoms with van der Waals surface area (Å²) in [7, 11) is 0. The molecule has 0 N–H and O–H groups in total. The highest BCUT2D eigenvalue weighted by atomic mass is 14.6. The molecule has 0 fully saturated rings. The summed E-state index contributed by atoms with van der Waals surface area (Å²) in [4.78, 5) is 8.60. The fraction of sp³-hybridized carbons (Fsp3) is 0. The molecule has 5 aromatic carbocycles. The van der Waals surface area contributed by atoms with Crippen LogP contribution >= 0.6 is 0 Å². The molecule has 0 unspecified atom stereocenters. The molecule has 0 saturated heterocycles.